The molecule has 0 saturated heterocycles. The molecule has 1 aromatic rings. The number of Topliss-reactive ketones (excluding diaryl/α,β-unsaturated/α-hetero) is 1. The highest BCUT2D eigenvalue weighted by Crippen LogP contribution is 2.05. The Morgan fingerprint density at radius 2 is 2.00 bits per heavy atom. The molecule has 0 heterocycles. The third kappa shape index (κ3) is 4.08. The van der Waals surface area contributed by atoms with Crippen LogP contribution in [0.5, 0.6) is 0 Å². The lowest BCUT2D eigenvalue weighted by Crippen LogP contribution is -2.04. The molecule has 2 nitrogen and oxygen atoms in total. The summed E-state index contributed by atoms with van der Waals surface area (Å²) in [6.07, 6.45) is 2.27. The Labute approximate surface area is 85.3 Å². The maximum Gasteiger partial charge on any atom is 0.132 e. The van der Waals surface area contributed by atoms with Crippen molar-refractivity contribution in [3.8, 4) is 0 Å². The molecule has 0 saturated carbocycles. The van der Waals surface area contributed by atoms with Crippen molar-refractivity contribution < 1.29 is 4.79 Å². The lowest BCUT2D eigenvalue weighted by molar-refractivity contribution is -0.118. The van der Waals surface area contributed by atoms with Crippen LogP contribution in [0, 0.1) is 0 Å². The van der Waals surface area contributed by atoms with Gasteiger partial charge in [-0.3, -0.25) is 4.79 Å². The fourth-order valence-corrected chi connectivity index (χ4v) is 1.25. The molecule has 1 aromatic carbocycles. The number of hydrogen-bond donors (Lipinski definition) is 1. The molecule has 0 fully saturated rings. The van der Waals surface area contributed by atoms with Gasteiger partial charge in [0.05, 0.1) is 0 Å². The topological polar surface area (TPSA) is 29.1 Å². The summed E-state index contributed by atoms with van der Waals surface area (Å²) in [5.74, 6) is 0.347. The van der Waals surface area contributed by atoms with E-state index in [1.165, 1.54) is 0 Å². The first-order valence-corrected chi connectivity index (χ1v) is 5.13. The van der Waals surface area contributed by atoms with Gasteiger partial charge in [0.1, 0.15) is 5.78 Å². The summed E-state index contributed by atoms with van der Waals surface area (Å²) < 4.78 is 0. The van der Waals surface area contributed by atoms with Gasteiger partial charge >= 0.3 is 0 Å². The zero-order valence-electron chi connectivity index (χ0n) is 8.62. The zero-order chi connectivity index (χ0) is 10.2. The molecular weight excluding hydrogens is 174 g/mol. The Morgan fingerprint density at radius 1 is 1.29 bits per heavy atom. The van der Waals surface area contributed by atoms with Crippen LogP contribution in [0.2, 0.25) is 0 Å². The van der Waals surface area contributed by atoms with Crippen LogP contribution in [-0.4, -0.2) is 12.3 Å². The Balaban J connectivity index is 2.13. The Morgan fingerprint density at radius 3 is 2.64 bits per heavy atom. The van der Waals surface area contributed by atoms with Gasteiger partial charge < -0.3 is 5.32 Å². The third-order valence-corrected chi connectivity index (χ3v) is 2.13. The molecule has 0 unspecified atom stereocenters. The van der Waals surface area contributed by atoms with E-state index in [0.29, 0.717) is 18.6 Å². The molecule has 14 heavy (non-hydrogen) atoms. The number of rotatable bonds is 6. The molecule has 0 bridgehead atoms. The van der Waals surface area contributed by atoms with Crippen LogP contribution in [0.3, 0.4) is 0 Å². The monoisotopic (exact) mass is 191 g/mol. The van der Waals surface area contributed by atoms with Gasteiger partial charge in [0, 0.05) is 25.1 Å². The van der Waals surface area contributed by atoms with Crippen molar-refractivity contribution in [1.82, 2.24) is 0 Å². The fourth-order valence-electron chi connectivity index (χ4n) is 1.25. The van der Waals surface area contributed by atoms with Crippen LogP contribution in [0.1, 0.15) is 26.2 Å². The first-order chi connectivity index (χ1) is 6.83. The molecule has 76 valence electrons. The second kappa shape index (κ2) is 6.19. The van der Waals surface area contributed by atoms with Crippen molar-refractivity contribution in [3.05, 3.63) is 30.3 Å². The average Bonchev–Trinajstić information content (AvgIpc) is 2.25. The van der Waals surface area contributed by atoms with Gasteiger partial charge in [0.15, 0.2) is 0 Å². The van der Waals surface area contributed by atoms with Crippen LogP contribution in [-0.2, 0) is 4.79 Å². The van der Waals surface area contributed by atoms with Gasteiger partial charge in [0.2, 0.25) is 0 Å². The van der Waals surface area contributed by atoms with Gasteiger partial charge in [-0.2, -0.15) is 0 Å². The average molecular weight is 191 g/mol. The summed E-state index contributed by atoms with van der Waals surface area (Å²) in [7, 11) is 0. The molecule has 1 rings (SSSR count). The summed E-state index contributed by atoms with van der Waals surface area (Å²) in [5, 5.41) is 3.27. The normalized spacial score (nSPS) is 9.79. The predicted octanol–water partition coefficient (Wildman–Crippen LogP) is 2.86. The van der Waals surface area contributed by atoms with Crippen molar-refractivity contribution in [1.29, 1.82) is 0 Å². The van der Waals surface area contributed by atoms with E-state index >= 15 is 0 Å². The molecule has 0 atom stereocenters. The Hall–Kier alpha value is -1.31. The second-order valence-electron chi connectivity index (χ2n) is 3.29. The second-order valence-corrected chi connectivity index (χ2v) is 3.29. The van der Waals surface area contributed by atoms with Crippen LogP contribution in [0.4, 0.5) is 5.69 Å². The summed E-state index contributed by atoms with van der Waals surface area (Å²) in [4.78, 5) is 11.0. The van der Waals surface area contributed by atoms with E-state index < -0.39 is 0 Å². The van der Waals surface area contributed by atoms with Gasteiger partial charge in [-0.15, -0.1) is 0 Å². The quantitative estimate of drug-likeness (QED) is 0.700. The number of hydrogen-bond acceptors (Lipinski definition) is 2. The molecule has 0 spiro atoms. The number of carbonyl (C=O) groups excluding carboxylic acids is 1. The predicted molar refractivity (Wildman–Crippen MR) is 59.5 cm³/mol. The Bertz CT molecular complexity index is 269. The van der Waals surface area contributed by atoms with Crippen LogP contribution in [0.25, 0.3) is 0 Å². The number of nitrogens with one attached hydrogen (secondary N) is 1. The van der Waals surface area contributed by atoms with Gasteiger partial charge in [-0.25, -0.2) is 0 Å². The SMILES string of the molecule is CCC(=O)CCCNc1ccccc1. The maximum absolute atomic E-state index is 11.0. The van der Waals surface area contributed by atoms with Gasteiger partial charge in [0.25, 0.3) is 0 Å². The number of carbonyl (C=O) groups is 1. The molecule has 0 aliphatic heterocycles. The highest BCUT2D eigenvalue weighted by Gasteiger charge is 1.96. The van der Waals surface area contributed by atoms with Crippen molar-refractivity contribution >= 4 is 11.5 Å². The van der Waals surface area contributed by atoms with E-state index in [2.05, 4.69) is 5.32 Å². The highest BCUT2D eigenvalue weighted by atomic mass is 16.1. The lowest BCUT2D eigenvalue weighted by Gasteiger charge is -2.04. The molecule has 0 aliphatic carbocycles. The number of ketones is 1. The molecule has 1 N–H and O–H groups in total. The van der Waals surface area contributed by atoms with E-state index in [4.69, 9.17) is 0 Å². The smallest absolute Gasteiger partial charge is 0.132 e. The van der Waals surface area contributed by atoms with E-state index in [1.54, 1.807) is 0 Å². The van der Waals surface area contributed by atoms with Crippen LogP contribution >= 0.6 is 0 Å². The molecule has 0 amide bonds. The minimum Gasteiger partial charge on any atom is -0.385 e. The third-order valence-electron chi connectivity index (χ3n) is 2.13. The zero-order valence-corrected chi connectivity index (χ0v) is 8.62. The summed E-state index contributed by atoms with van der Waals surface area (Å²) >= 11 is 0. The van der Waals surface area contributed by atoms with Crippen molar-refractivity contribution in [2.75, 3.05) is 11.9 Å². The Kier molecular flexibility index (Phi) is 4.76. The molecule has 0 radical (unpaired) electrons. The number of benzene rings is 1. The summed E-state index contributed by atoms with van der Waals surface area (Å²) in [6, 6.07) is 10.0. The van der Waals surface area contributed by atoms with E-state index in [9.17, 15) is 4.79 Å². The molecule has 2 heteroatoms. The van der Waals surface area contributed by atoms with Crippen LogP contribution in [0.15, 0.2) is 30.3 Å². The van der Waals surface area contributed by atoms with E-state index in [0.717, 1.165) is 18.7 Å². The number of anilines is 1. The van der Waals surface area contributed by atoms with Crippen molar-refractivity contribution in [3.63, 3.8) is 0 Å². The minimum atomic E-state index is 0.347. The number of para-hydroxylation sites is 1. The first-order valence-electron chi connectivity index (χ1n) is 5.13. The molecule has 0 aliphatic rings. The van der Waals surface area contributed by atoms with E-state index in [1.807, 2.05) is 37.3 Å². The largest absolute Gasteiger partial charge is 0.385 e. The molecule has 0 aromatic heterocycles. The van der Waals surface area contributed by atoms with E-state index in [-0.39, 0.29) is 0 Å². The lowest BCUT2D eigenvalue weighted by atomic mass is 10.2. The summed E-state index contributed by atoms with van der Waals surface area (Å²) in [6.45, 7) is 2.78. The maximum atomic E-state index is 11.0. The fraction of sp³-hybridized carbons (Fsp3) is 0.417. The molecular formula is C12H17NO. The minimum absolute atomic E-state index is 0.347. The summed E-state index contributed by atoms with van der Waals surface area (Å²) in [5.41, 5.74) is 1.12. The van der Waals surface area contributed by atoms with Gasteiger partial charge in [-0.1, -0.05) is 25.1 Å². The highest BCUT2D eigenvalue weighted by molar-refractivity contribution is 5.77. The van der Waals surface area contributed by atoms with Crippen LogP contribution < -0.4 is 5.32 Å². The van der Waals surface area contributed by atoms with Gasteiger partial charge in [-0.05, 0) is 18.6 Å². The standard InChI is InChI=1S/C12H17NO/c1-2-12(14)9-6-10-13-11-7-4-3-5-8-11/h3-5,7-8,13H,2,6,9-10H2,1H3. The van der Waals surface area contributed by atoms with Crippen molar-refractivity contribution in [2.24, 2.45) is 0 Å². The van der Waals surface area contributed by atoms with Crippen molar-refractivity contribution in [2.45, 2.75) is 26.2 Å². The first kappa shape index (κ1) is 10.8.